The van der Waals surface area contributed by atoms with Gasteiger partial charge in [-0.15, -0.1) is 21.5 Å². The first kappa shape index (κ1) is 21.2. The maximum Gasteiger partial charge on any atom is 0.159 e. The summed E-state index contributed by atoms with van der Waals surface area (Å²) >= 11 is 8.03. The van der Waals surface area contributed by atoms with E-state index in [0.717, 1.165) is 64.5 Å². The fraction of sp³-hybridized carbons (Fsp3) is 0.280. The predicted molar refractivity (Wildman–Crippen MR) is 134 cm³/mol. The molecule has 7 heteroatoms. The minimum absolute atomic E-state index is 0.224. The molecule has 0 unspecified atom stereocenters. The number of halogens is 1. The molecule has 0 aliphatic carbocycles. The number of aliphatic hydroxyl groups is 1. The first-order chi connectivity index (χ1) is 15.6. The third-order valence-corrected chi connectivity index (χ3v) is 7.35. The minimum atomic E-state index is -0.224. The number of anilines is 2. The number of piperidine rings is 1. The Labute approximate surface area is 196 Å². The summed E-state index contributed by atoms with van der Waals surface area (Å²) in [5, 5.41) is 27.5. The van der Waals surface area contributed by atoms with Crippen LogP contribution in [0.15, 0.2) is 53.9 Å². The Morgan fingerprint density at radius 1 is 1.09 bits per heavy atom. The third-order valence-electron chi connectivity index (χ3n) is 6.03. The molecule has 5 nitrogen and oxygen atoms in total. The van der Waals surface area contributed by atoms with Crippen LogP contribution in [0.4, 0.5) is 11.6 Å². The Kier molecular flexibility index (Phi) is 6.00. The molecule has 5 rings (SSSR count). The van der Waals surface area contributed by atoms with Crippen LogP contribution in [0, 0.1) is 6.92 Å². The van der Waals surface area contributed by atoms with Crippen LogP contribution >= 0.6 is 22.9 Å². The van der Waals surface area contributed by atoms with Crippen molar-refractivity contribution >= 4 is 45.3 Å². The number of benzene rings is 2. The first-order valence-corrected chi connectivity index (χ1v) is 12.1. The van der Waals surface area contributed by atoms with Crippen LogP contribution in [0.2, 0.25) is 5.02 Å². The first-order valence-electron chi connectivity index (χ1n) is 10.8. The topological polar surface area (TPSA) is 61.3 Å². The number of nitrogens with zero attached hydrogens (tertiary/aromatic N) is 3. The van der Waals surface area contributed by atoms with Gasteiger partial charge < -0.3 is 15.3 Å². The molecule has 2 aromatic heterocycles. The van der Waals surface area contributed by atoms with Gasteiger partial charge in [-0.2, -0.15) is 0 Å². The van der Waals surface area contributed by atoms with E-state index in [0.29, 0.717) is 6.54 Å². The highest BCUT2D eigenvalue weighted by molar-refractivity contribution is 7.13. The standard InChI is InChI=1S/C25H25ClN4OS/c1-16-4-5-17(13-22(16)26)15-27-24-21-14-18(23-3-2-12-32-23)6-7-20(21)25(29-28-24)30-10-8-19(31)9-11-30/h2-7,12-14,19,31H,8-11,15H2,1H3,(H,27,28). The largest absolute Gasteiger partial charge is 0.393 e. The molecule has 3 heterocycles. The highest BCUT2D eigenvalue weighted by Crippen LogP contribution is 2.35. The van der Waals surface area contributed by atoms with E-state index in [1.165, 1.54) is 10.4 Å². The van der Waals surface area contributed by atoms with Crippen molar-refractivity contribution in [3.8, 4) is 10.4 Å². The second kappa shape index (κ2) is 9.06. The fourth-order valence-electron chi connectivity index (χ4n) is 4.11. The van der Waals surface area contributed by atoms with Crippen molar-refractivity contribution in [3.05, 3.63) is 70.1 Å². The van der Waals surface area contributed by atoms with Gasteiger partial charge in [-0.25, -0.2) is 0 Å². The van der Waals surface area contributed by atoms with Gasteiger partial charge in [0.05, 0.1) is 6.10 Å². The molecule has 1 fully saturated rings. The van der Waals surface area contributed by atoms with E-state index < -0.39 is 0 Å². The van der Waals surface area contributed by atoms with Crippen LogP contribution in [0.3, 0.4) is 0 Å². The van der Waals surface area contributed by atoms with Gasteiger partial charge in [0.15, 0.2) is 11.6 Å². The van der Waals surface area contributed by atoms with Crippen LogP contribution < -0.4 is 10.2 Å². The Bertz CT molecular complexity index is 1240. The summed E-state index contributed by atoms with van der Waals surface area (Å²) in [6.07, 6.45) is 1.29. The van der Waals surface area contributed by atoms with Crippen LogP contribution in [-0.2, 0) is 6.54 Å². The molecule has 0 amide bonds. The van der Waals surface area contributed by atoms with E-state index >= 15 is 0 Å². The number of aromatic nitrogens is 2. The Morgan fingerprint density at radius 3 is 2.69 bits per heavy atom. The normalized spacial score (nSPS) is 14.8. The average molecular weight is 465 g/mol. The maximum absolute atomic E-state index is 9.91. The number of aryl methyl sites for hydroxylation is 1. The zero-order valence-electron chi connectivity index (χ0n) is 17.9. The summed E-state index contributed by atoms with van der Waals surface area (Å²) in [6.45, 7) is 4.18. The number of rotatable bonds is 5. The lowest BCUT2D eigenvalue weighted by molar-refractivity contribution is 0.145. The van der Waals surface area contributed by atoms with E-state index in [1.54, 1.807) is 11.3 Å². The second-order valence-electron chi connectivity index (χ2n) is 8.27. The van der Waals surface area contributed by atoms with Gasteiger partial charge in [0, 0.05) is 40.3 Å². The van der Waals surface area contributed by atoms with Crippen LogP contribution in [0.25, 0.3) is 21.2 Å². The molecule has 4 aromatic rings. The summed E-state index contributed by atoms with van der Waals surface area (Å²) in [5.74, 6) is 1.64. The lowest BCUT2D eigenvalue weighted by Gasteiger charge is -2.31. The van der Waals surface area contributed by atoms with Gasteiger partial charge in [-0.3, -0.25) is 0 Å². The molecule has 0 atom stereocenters. The number of hydrogen-bond donors (Lipinski definition) is 2. The van der Waals surface area contributed by atoms with E-state index in [4.69, 9.17) is 11.6 Å². The summed E-state index contributed by atoms with van der Waals surface area (Å²) < 4.78 is 0. The van der Waals surface area contributed by atoms with E-state index in [-0.39, 0.29) is 6.10 Å². The van der Waals surface area contributed by atoms with E-state index in [1.807, 2.05) is 19.1 Å². The monoisotopic (exact) mass is 464 g/mol. The number of thiophene rings is 1. The van der Waals surface area contributed by atoms with Crippen molar-refractivity contribution in [2.75, 3.05) is 23.3 Å². The smallest absolute Gasteiger partial charge is 0.159 e. The Hall–Kier alpha value is -2.67. The minimum Gasteiger partial charge on any atom is -0.393 e. The molecule has 2 N–H and O–H groups in total. The SMILES string of the molecule is Cc1ccc(CNc2nnc(N3CCC(O)CC3)c3ccc(-c4cccs4)cc23)cc1Cl. The molecule has 2 aromatic carbocycles. The van der Waals surface area contributed by atoms with Crippen molar-refractivity contribution in [3.63, 3.8) is 0 Å². The quantitative estimate of drug-likeness (QED) is 0.385. The van der Waals surface area contributed by atoms with Gasteiger partial charge in [0.1, 0.15) is 0 Å². The molecule has 0 bridgehead atoms. The second-order valence-corrected chi connectivity index (χ2v) is 9.62. The Morgan fingerprint density at radius 2 is 1.94 bits per heavy atom. The molecule has 1 saturated heterocycles. The molecular weight excluding hydrogens is 440 g/mol. The summed E-state index contributed by atoms with van der Waals surface area (Å²) in [7, 11) is 0. The van der Waals surface area contributed by atoms with Crippen LogP contribution in [-0.4, -0.2) is 34.5 Å². The van der Waals surface area contributed by atoms with Crippen molar-refractivity contribution in [1.82, 2.24) is 10.2 Å². The fourth-order valence-corrected chi connectivity index (χ4v) is 5.04. The van der Waals surface area contributed by atoms with Gasteiger partial charge in [0.25, 0.3) is 0 Å². The van der Waals surface area contributed by atoms with Crippen LogP contribution in [0.5, 0.6) is 0 Å². The zero-order chi connectivity index (χ0) is 22.1. The highest BCUT2D eigenvalue weighted by Gasteiger charge is 2.21. The van der Waals surface area contributed by atoms with Crippen molar-refractivity contribution < 1.29 is 5.11 Å². The van der Waals surface area contributed by atoms with Gasteiger partial charge in [-0.1, -0.05) is 35.9 Å². The number of nitrogens with one attached hydrogen (secondary N) is 1. The molecule has 1 aliphatic heterocycles. The van der Waals surface area contributed by atoms with Crippen molar-refractivity contribution in [1.29, 1.82) is 0 Å². The lowest BCUT2D eigenvalue weighted by Crippen LogP contribution is -2.36. The van der Waals surface area contributed by atoms with Gasteiger partial charge >= 0.3 is 0 Å². The van der Waals surface area contributed by atoms with Crippen molar-refractivity contribution in [2.45, 2.75) is 32.4 Å². The third kappa shape index (κ3) is 4.31. The molecule has 32 heavy (non-hydrogen) atoms. The number of aliphatic hydroxyl groups excluding tert-OH is 1. The molecule has 0 spiro atoms. The summed E-state index contributed by atoms with van der Waals surface area (Å²) in [4.78, 5) is 3.46. The molecule has 164 valence electrons. The van der Waals surface area contributed by atoms with Gasteiger partial charge in [-0.05, 0) is 66.1 Å². The Balaban J connectivity index is 1.52. The molecule has 1 aliphatic rings. The zero-order valence-corrected chi connectivity index (χ0v) is 19.5. The maximum atomic E-state index is 9.91. The number of hydrogen-bond acceptors (Lipinski definition) is 6. The lowest BCUT2D eigenvalue weighted by atomic mass is 10.0. The molecule has 0 radical (unpaired) electrons. The molecular formula is C25H25ClN4OS. The van der Waals surface area contributed by atoms with E-state index in [2.05, 4.69) is 62.2 Å². The van der Waals surface area contributed by atoms with Crippen LogP contribution in [0.1, 0.15) is 24.0 Å². The van der Waals surface area contributed by atoms with Gasteiger partial charge in [0.2, 0.25) is 0 Å². The predicted octanol–water partition coefficient (Wildman–Crippen LogP) is 5.89. The summed E-state index contributed by atoms with van der Waals surface area (Å²) in [6, 6.07) is 16.8. The summed E-state index contributed by atoms with van der Waals surface area (Å²) in [5.41, 5.74) is 3.33. The van der Waals surface area contributed by atoms with Crippen molar-refractivity contribution in [2.24, 2.45) is 0 Å². The van der Waals surface area contributed by atoms with E-state index in [9.17, 15) is 5.11 Å². The average Bonchev–Trinajstić information content (AvgIpc) is 3.35. The highest BCUT2D eigenvalue weighted by atomic mass is 35.5. The molecule has 0 saturated carbocycles. The number of fused-ring (bicyclic) bond motifs is 1.